The summed E-state index contributed by atoms with van der Waals surface area (Å²) >= 11 is 5.80. The Morgan fingerprint density at radius 2 is 2.22 bits per heavy atom. The third-order valence-corrected chi connectivity index (χ3v) is 3.00. The molecule has 7 nitrogen and oxygen atoms in total. The van der Waals surface area contributed by atoms with Crippen LogP contribution in [0.5, 0.6) is 0 Å². The van der Waals surface area contributed by atoms with Gasteiger partial charge in [-0.25, -0.2) is 9.78 Å². The summed E-state index contributed by atoms with van der Waals surface area (Å²) in [5.74, 6) is -1.47. The monoisotopic (exact) mass is 336 g/mol. The predicted molar refractivity (Wildman–Crippen MR) is 85.6 cm³/mol. The number of pyridine rings is 1. The number of carbonyl (C=O) groups excluding carboxylic acids is 1. The first kappa shape index (κ1) is 18.5. The van der Waals surface area contributed by atoms with Crippen molar-refractivity contribution in [1.82, 2.24) is 10.3 Å². The van der Waals surface area contributed by atoms with Gasteiger partial charge in [0.05, 0.1) is 0 Å². The summed E-state index contributed by atoms with van der Waals surface area (Å²) in [4.78, 5) is 27.1. The maximum atomic E-state index is 12.0. The van der Waals surface area contributed by atoms with E-state index in [-0.39, 0.29) is 17.9 Å². The zero-order valence-corrected chi connectivity index (χ0v) is 13.5. The van der Waals surface area contributed by atoms with E-state index >= 15 is 0 Å². The average Bonchev–Trinajstić information content (AvgIpc) is 2.46. The number of carboxylic acids is 1. The van der Waals surface area contributed by atoms with Crippen LogP contribution in [0.15, 0.2) is 30.1 Å². The molecule has 0 spiro atoms. The molecule has 1 amide bonds. The molecule has 0 saturated carbocycles. The predicted octanol–water partition coefficient (Wildman–Crippen LogP) is 2.17. The van der Waals surface area contributed by atoms with Crippen LogP contribution in [-0.4, -0.2) is 28.0 Å². The number of anilines is 1. The summed E-state index contributed by atoms with van der Waals surface area (Å²) in [5.41, 5.74) is -0.262. The van der Waals surface area contributed by atoms with Gasteiger partial charge >= 0.3 is 5.97 Å². The van der Waals surface area contributed by atoms with E-state index < -0.39 is 17.9 Å². The minimum absolute atomic E-state index is 0.0831. The highest BCUT2D eigenvalue weighted by molar-refractivity contribution is 6.30. The maximum absolute atomic E-state index is 12.0. The number of aliphatic carboxylic acids is 1. The van der Waals surface area contributed by atoms with Crippen LogP contribution in [-0.2, 0) is 9.59 Å². The molecule has 0 aliphatic rings. The molecule has 0 aliphatic carbocycles. The number of rotatable bonds is 7. The zero-order chi connectivity index (χ0) is 17.4. The second kappa shape index (κ2) is 8.76. The molecule has 23 heavy (non-hydrogen) atoms. The Morgan fingerprint density at radius 3 is 2.74 bits per heavy atom. The molecule has 1 rings (SSSR count). The lowest BCUT2D eigenvalue weighted by Gasteiger charge is -2.16. The lowest BCUT2D eigenvalue weighted by atomic mass is 10.0. The minimum Gasteiger partial charge on any atom is -0.480 e. The van der Waals surface area contributed by atoms with Crippen LogP contribution < -0.4 is 10.6 Å². The van der Waals surface area contributed by atoms with Gasteiger partial charge < -0.3 is 15.7 Å². The van der Waals surface area contributed by atoms with E-state index in [2.05, 4.69) is 15.6 Å². The van der Waals surface area contributed by atoms with E-state index in [9.17, 15) is 9.59 Å². The summed E-state index contributed by atoms with van der Waals surface area (Å²) in [7, 11) is 0. The van der Waals surface area contributed by atoms with Crippen molar-refractivity contribution in [2.75, 3.05) is 5.32 Å². The van der Waals surface area contributed by atoms with Gasteiger partial charge in [0.25, 0.3) is 5.91 Å². The number of aromatic nitrogens is 1. The van der Waals surface area contributed by atoms with Crippen LogP contribution in [0.4, 0.5) is 5.82 Å². The molecule has 8 heteroatoms. The molecule has 0 bridgehead atoms. The van der Waals surface area contributed by atoms with Crippen LogP contribution in [0.2, 0.25) is 5.02 Å². The third kappa shape index (κ3) is 6.36. The summed E-state index contributed by atoms with van der Waals surface area (Å²) in [5, 5.41) is 23.6. The molecular weight excluding hydrogens is 320 g/mol. The van der Waals surface area contributed by atoms with E-state index in [0.717, 1.165) is 6.20 Å². The molecule has 122 valence electrons. The number of hydrogen-bond acceptors (Lipinski definition) is 5. The second-order valence-electron chi connectivity index (χ2n) is 5.17. The van der Waals surface area contributed by atoms with Crippen molar-refractivity contribution in [3.05, 3.63) is 35.1 Å². The quantitative estimate of drug-likeness (QED) is 0.519. The van der Waals surface area contributed by atoms with Crippen molar-refractivity contribution in [3.63, 3.8) is 0 Å². The normalized spacial score (nSPS) is 12.4. The van der Waals surface area contributed by atoms with Crippen LogP contribution in [0, 0.1) is 17.2 Å². The fourth-order valence-electron chi connectivity index (χ4n) is 1.71. The summed E-state index contributed by atoms with van der Waals surface area (Å²) < 4.78 is 0. The summed E-state index contributed by atoms with van der Waals surface area (Å²) in [6.45, 7) is 3.69. The molecule has 0 aliphatic heterocycles. The molecule has 0 saturated heterocycles. The fraction of sp³-hybridized carbons (Fsp3) is 0.333. The lowest BCUT2D eigenvalue weighted by molar-refractivity contribution is -0.141. The van der Waals surface area contributed by atoms with E-state index in [0.29, 0.717) is 10.8 Å². The Labute approximate surface area is 139 Å². The zero-order valence-electron chi connectivity index (χ0n) is 12.7. The first-order valence-corrected chi connectivity index (χ1v) is 7.23. The van der Waals surface area contributed by atoms with Crippen LogP contribution in [0.1, 0.15) is 20.3 Å². The highest BCUT2D eigenvalue weighted by atomic mass is 35.5. The third-order valence-electron chi connectivity index (χ3n) is 2.76. The minimum atomic E-state index is -1.14. The molecule has 1 atom stereocenters. The van der Waals surface area contributed by atoms with Gasteiger partial charge in [-0.1, -0.05) is 25.4 Å². The molecular formula is C15H17ClN4O3. The first-order chi connectivity index (χ1) is 10.8. The molecule has 1 heterocycles. The van der Waals surface area contributed by atoms with Gasteiger partial charge in [0.1, 0.15) is 23.5 Å². The number of carbonyl (C=O) groups is 2. The molecule has 0 fully saturated rings. The number of nitrogens with one attached hydrogen (secondary N) is 2. The van der Waals surface area contributed by atoms with Crippen molar-refractivity contribution in [2.45, 2.75) is 26.3 Å². The number of amides is 1. The van der Waals surface area contributed by atoms with E-state index in [4.69, 9.17) is 22.0 Å². The van der Waals surface area contributed by atoms with Crippen LogP contribution in [0.25, 0.3) is 0 Å². The number of carboxylic acid groups (broad SMARTS) is 1. The Hall–Kier alpha value is -2.59. The molecule has 0 aromatic carbocycles. The van der Waals surface area contributed by atoms with Crippen molar-refractivity contribution in [2.24, 2.45) is 5.92 Å². The second-order valence-corrected chi connectivity index (χ2v) is 5.60. The van der Waals surface area contributed by atoms with Crippen molar-refractivity contribution in [3.8, 4) is 6.07 Å². The van der Waals surface area contributed by atoms with Crippen LogP contribution >= 0.6 is 11.6 Å². The molecule has 0 radical (unpaired) electrons. The SMILES string of the molecule is CC(C)CC(NC(=O)/C(C#N)=C\Nc1cc(Cl)ccn1)C(=O)O. The van der Waals surface area contributed by atoms with Gasteiger partial charge in [-0.15, -0.1) is 0 Å². The molecule has 1 aromatic rings. The Kier molecular flexibility index (Phi) is 7.03. The van der Waals surface area contributed by atoms with Gasteiger partial charge in [-0.2, -0.15) is 5.26 Å². The summed E-state index contributed by atoms with van der Waals surface area (Å²) in [6.07, 6.45) is 2.89. The van der Waals surface area contributed by atoms with E-state index in [1.165, 1.54) is 12.3 Å². The Morgan fingerprint density at radius 1 is 1.52 bits per heavy atom. The fourth-order valence-corrected chi connectivity index (χ4v) is 1.87. The number of nitrogens with zero attached hydrogens (tertiary/aromatic N) is 2. The number of hydrogen-bond donors (Lipinski definition) is 3. The first-order valence-electron chi connectivity index (χ1n) is 6.85. The average molecular weight is 337 g/mol. The van der Waals surface area contributed by atoms with E-state index in [1.54, 1.807) is 12.1 Å². The standard InChI is InChI=1S/C15H17ClN4O3/c1-9(2)5-12(15(22)23)20-14(21)10(7-17)8-19-13-6-11(16)3-4-18-13/h3-4,6,8-9,12H,5H2,1-2H3,(H,18,19)(H,20,21)(H,22,23)/b10-8-. The van der Waals surface area contributed by atoms with Crippen molar-refractivity contribution < 1.29 is 14.7 Å². The molecule has 1 aromatic heterocycles. The Bertz CT molecular complexity index is 652. The van der Waals surface area contributed by atoms with Crippen LogP contribution in [0.3, 0.4) is 0 Å². The number of halogens is 1. The largest absolute Gasteiger partial charge is 0.480 e. The van der Waals surface area contributed by atoms with Gasteiger partial charge in [0, 0.05) is 17.4 Å². The Balaban J connectivity index is 2.79. The van der Waals surface area contributed by atoms with Gasteiger partial charge in [0.2, 0.25) is 0 Å². The topological polar surface area (TPSA) is 115 Å². The van der Waals surface area contributed by atoms with Gasteiger partial charge in [-0.3, -0.25) is 4.79 Å². The highest BCUT2D eigenvalue weighted by Crippen LogP contribution is 2.12. The van der Waals surface area contributed by atoms with Crippen molar-refractivity contribution >= 4 is 29.3 Å². The van der Waals surface area contributed by atoms with Crippen molar-refractivity contribution in [1.29, 1.82) is 5.26 Å². The molecule has 3 N–H and O–H groups in total. The van der Waals surface area contributed by atoms with E-state index in [1.807, 2.05) is 13.8 Å². The summed E-state index contributed by atoms with van der Waals surface area (Å²) in [6, 6.07) is 3.76. The van der Waals surface area contributed by atoms with Gasteiger partial charge in [-0.05, 0) is 24.5 Å². The maximum Gasteiger partial charge on any atom is 0.326 e. The highest BCUT2D eigenvalue weighted by Gasteiger charge is 2.22. The smallest absolute Gasteiger partial charge is 0.326 e. The van der Waals surface area contributed by atoms with Gasteiger partial charge in [0.15, 0.2) is 0 Å². The number of nitriles is 1. The molecule has 1 unspecified atom stereocenters. The lowest BCUT2D eigenvalue weighted by Crippen LogP contribution is -2.42.